The van der Waals surface area contributed by atoms with Crippen LogP contribution in [0.15, 0.2) is 35.3 Å². The molecule has 6 heteroatoms. The number of para-hydroxylation sites is 1. The predicted molar refractivity (Wildman–Crippen MR) is 111 cm³/mol. The lowest BCUT2D eigenvalue weighted by Crippen LogP contribution is -2.44. The van der Waals surface area contributed by atoms with Gasteiger partial charge < -0.3 is 25.0 Å². The number of ether oxygens (including phenoxy) is 2. The summed E-state index contributed by atoms with van der Waals surface area (Å²) in [6.07, 6.45) is 3.21. The maximum Gasteiger partial charge on any atom is 0.191 e. The molecule has 6 nitrogen and oxygen atoms in total. The van der Waals surface area contributed by atoms with Gasteiger partial charge in [-0.1, -0.05) is 18.2 Å². The molecule has 2 heterocycles. The van der Waals surface area contributed by atoms with Gasteiger partial charge in [0.25, 0.3) is 0 Å². The number of nitrogens with zero attached hydrogens (tertiary/aromatic N) is 2. The van der Waals surface area contributed by atoms with Gasteiger partial charge in [0.05, 0.1) is 13.2 Å². The molecule has 2 aliphatic heterocycles. The van der Waals surface area contributed by atoms with Crippen LogP contribution in [-0.2, 0) is 9.47 Å². The number of benzene rings is 1. The van der Waals surface area contributed by atoms with E-state index in [1.807, 2.05) is 0 Å². The second-order valence-corrected chi connectivity index (χ2v) is 7.33. The first-order valence-electron chi connectivity index (χ1n) is 10.4. The molecule has 0 radical (unpaired) electrons. The normalized spacial score (nSPS) is 23.0. The summed E-state index contributed by atoms with van der Waals surface area (Å²) in [5.41, 5.74) is 1.30. The first-order chi connectivity index (χ1) is 13.3. The Hall–Kier alpha value is -1.79. The smallest absolute Gasteiger partial charge is 0.191 e. The maximum absolute atomic E-state index is 5.76. The fourth-order valence-corrected chi connectivity index (χ4v) is 3.59. The van der Waals surface area contributed by atoms with E-state index in [1.165, 1.54) is 5.69 Å². The van der Waals surface area contributed by atoms with Crippen LogP contribution in [0.4, 0.5) is 5.69 Å². The van der Waals surface area contributed by atoms with Crippen LogP contribution in [0.25, 0.3) is 0 Å². The molecule has 2 N–H and O–H groups in total. The Balaban J connectivity index is 1.36. The molecule has 3 rings (SSSR count). The van der Waals surface area contributed by atoms with E-state index in [-0.39, 0.29) is 0 Å². The maximum atomic E-state index is 5.76. The molecule has 0 amide bonds. The fourth-order valence-electron chi connectivity index (χ4n) is 3.59. The highest BCUT2D eigenvalue weighted by Gasteiger charge is 2.23. The van der Waals surface area contributed by atoms with Crippen molar-refractivity contribution in [2.45, 2.75) is 32.2 Å². The SMILES string of the molecule is CCNC(=NCCCOCC1CCOC1)NC1CCN(c2ccccc2)C1. The molecule has 0 aliphatic carbocycles. The van der Waals surface area contributed by atoms with Crippen LogP contribution in [0, 0.1) is 5.92 Å². The lowest BCUT2D eigenvalue weighted by Gasteiger charge is -2.20. The highest BCUT2D eigenvalue weighted by atomic mass is 16.5. The summed E-state index contributed by atoms with van der Waals surface area (Å²) in [7, 11) is 0. The van der Waals surface area contributed by atoms with E-state index >= 15 is 0 Å². The standard InChI is InChI=1S/C21H34N4O2/c1-2-22-21(23-11-6-13-26-16-18-10-14-27-17-18)24-19-9-12-25(15-19)20-7-4-3-5-8-20/h3-5,7-8,18-19H,2,6,9-17H2,1H3,(H2,22,23,24). The molecule has 2 fully saturated rings. The van der Waals surface area contributed by atoms with E-state index in [1.54, 1.807) is 0 Å². The van der Waals surface area contributed by atoms with Crippen LogP contribution < -0.4 is 15.5 Å². The second kappa shape index (κ2) is 11.1. The number of hydrogen-bond acceptors (Lipinski definition) is 4. The minimum atomic E-state index is 0.432. The Morgan fingerprint density at radius 2 is 2.19 bits per heavy atom. The van der Waals surface area contributed by atoms with E-state index in [0.29, 0.717) is 12.0 Å². The molecule has 2 aliphatic rings. The van der Waals surface area contributed by atoms with Crippen molar-refractivity contribution in [1.29, 1.82) is 0 Å². The topological polar surface area (TPSA) is 58.1 Å². The summed E-state index contributed by atoms with van der Waals surface area (Å²) < 4.78 is 11.1. The highest BCUT2D eigenvalue weighted by molar-refractivity contribution is 5.80. The van der Waals surface area contributed by atoms with Gasteiger partial charge in [-0.3, -0.25) is 4.99 Å². The number of anilines is 1. The van der Waals surface area contributed by atoms with Gasteiger partial charge in [-0.2, -0.15) is 0 Å². The molecular formula is C21H34N4O2. The Bertz CT molecular complexity index is 561. The predicted octanol–water partition coefficient (Wildman–Crippen LogP) is 2.26. The number of rotatable bonds is 9. The Labute approximate surface area is 163 Å². The molecule has 1 aromatic rings. The van der Waals surface area contributed by atoms with Crippen molar-refractivity contribution >= 4 is 11.6 Å². The highest BCUT2D eigenvalue weighted by Crippen LogP contribution is 2.19. The monoisotopic (exact) mass is 374 g/mol. The van der Waals surface area contributed by atoms with Crippen molar-refractivity contribution in [2.24, 2.45) is 10.9 Å². The van der Waals surface area contributed by atoms with Crippen LogP contribution in [0.5, 0.6) is 0 Å². The third kappa shape index (κ3) is 6.70. The summed E-state index contributed by atoms with van der Waals surface area (Å²) in [6.45, 7) is 9.19. The van der Waals surface area contributed by atoms with Gasteiger partial charge in [0.1, 0.15) is 0 Å². The van der Waals surface area contributed by atoms with Gasteiger partial charge in [0, 0.05) is 57.0 Å². The van der Waals surface area contributed by atoms with Crippen molar-refractivity contribution < 1.29 is 9.47 Å². The molecule has 2 unspecified atom stereocenters. The van der Waals surface area contributed by atoms with Crippen LogP contribution in [0.2, 0.25) is 0 Å². The lowest BCUT2D eigenvalue weighted by atomic mass is 10.1. The largest absolute Gasteiger partial charge is 0.381 e. The molecule has 0 aromatic heterocycles. The fraction of sp³-hybridized carbons (Fsp3) is 0.667. The average Bonchev–Trinajstić information content (AvgIpc) is 3.37. The van der Waals surface area contributed by atoms with Gasteiger partial charge in [-0.15, -0.1) is 0 Å². The van der Waals surface area contributed by atoms with Crippen molar-refractivity contribution in [3.05, 3.63) is 30.3 Å². The van der Waals surface area contributed by atoms with Crippen molar-refractivity contribution in [2.75, 3.05) is 57.5 Å². The zero-order valence-corrected chi connectivity index (χ0v) is 16.5. The van der Waals surface area contributed by atoms with E-state index in [4.69, 9.17) is 14.5 Å². The number of nitrogens with one attached hydrogen (secondary N) is 2. The molecule has 1 aromatic carbocycles. The lowest BCUT2D eigenvalue weighted by molar-refractivity contribution is 0.0893. The number of guanidine groups is 1. The van der Waals surface area contributed by atoms with Crippen LogP contribution in [0.1, 0.15) is 26.2 Å². The zero-order valence-electron chi connectivity index (χ0n) is 16.5. The second-order valence-electron chi connectivity index (χ2n) is 7.33. The first kappa shape index (κ1) is 20.0. The minimum absolute atomic E-state index is 0.432. The van der Waals surface area contributed by atoms with E-state index < -0.39 is 0 Å². The molecule has 2 saturated heterocycles. The van der Waals surface area contributed by atoms with Crippen molar-refractivity contribution in [3.8, 4) is 0 Å². The van der Waals surface area contributed by atoms with Crippen LogP contribution in [-0.4, -0.2) is 64.6 Å². The molecule has 150 valence electrons. The Kier molecular flexibility index (Phi) is 8.24. The van der Waals surface area contributed by atoms with Gasteiger partial charge >= 0.3 is 0 Å². The average molecular weight is 375 g/mol. The minimum Gasteiger partial charge on any atom is -0.381 e. The molecular weight excluding hydrogens is 340 g/mol. The molecule has 27 heavy (non-hydrogen) atoms. The summed E-state index contributed by atoms with van der Waals surface area (Å²) >= 11 is 0. The van der Waals surface area contributed by atoms with Gasteiger partial charge in [0.2, 0.25) is 0 Å². The van der Waals surface area contributed by atoms with E-state index in [2.05, 4.69) is 52.8 Å². The van der Waals surface area contributed by atoms with Gasteiger partial charge in [-0.25, -0.2) is 0 Å². The molecule has 0 bridgehead atoms. The molecule has 2 atom stereocenters. The molecule has 0 spiro atoms. The third-order valence-electron chi connectivity index (χ3n) is 5.09. The molecule has 0 saturated carbocycles. The summed E-state index contributed by atoms with van der Waals surface area (Å²) in [4.78, 5) is 7.15. The Morgan fingerprint density at radius 3 is 2.96 bits per heavy atom. The van der Waals surface area contributed by atoms with E-state index in [9.17, 15) is 0 Å². The zero-order chi connectivity index (χ0) is 18.7. The quantitative estimate of drug-likeness (QED) is 0.394. The van der Waals surface area contributed by atoms with E-state index in [0.717, 1.165) is 77.8 Å². The van der Waals surface area contributed by atoms with Crippen LogP contribution in [0.3, 0.4) is 0 Å². The van der Waals surface area contributed by atoms with Crippen molar-refractivity contribution in [3.63, 3.8) is 0 Å². The first-order valence-corrected chi connectivity index (χ1v) is 10.4. The summed E-state index contributed by atoms with van der Waals surface area (Å²) in [6, 6.07) is 11.1. The third-order valence-corrected chi connectivity index (χ3v) is 5.09. The van der Waals surface area contributed by atoms with Crippen LogP contribution >= 0.6 is 0 Å². The van der Waals surface area contributed by atoms with Gasteiger partial charge in [0.15, 0.2) is 5.96 Å². The number of aliphatic imine (C=N–C) groups is 1. The van der Waals surface area contributed by atoms with Gasteiger partial charge in [-0.05, 0) is 38.3 Å². The Morgan fingerprint density at radius 1 is 1.30 bits per heavy atom. The van der Waals surface area contributed by atoms with Crippen molar-refractivity contribution in [1.82, 2.24) is 10.6 Å². The summed E-state index contributed by atoms with van der Waals surface area (Å²) in [5, 5.41) is 6.95. The summed E-state index contributed by atoms with van der Waals surface area (Å²) in [5.74, 6) is 1.50. The number of hydrogen-bond donors (Lipinski definition) is 2.